The van der Waals surface area contributed by atoms with Crippen LogP contribution in [0.5, 0.6) is 0 Å². The zero-order valence-electron chi connectivity index (χ0n) is 12.6. The molecule has 0 aromatic carbocycles. The second-order valence-electron chi connectivity index (χ2n) is 4.98. The molecule has 2 rings (SSSR count). The van der Waals surface area contributed by atoms with Crippen LogP contribution in [0.2, 0.25) is 0 Å². The molecule has 1 aliphatic rings. The fraction of sp³-hybridized carbons (Fsp3) is 0.500. The lowest BCUT2D eigenvalue weighted by Crippen LogP contribution is -2.19. The maximum Gasteiger partial charge on any atom is 0.0587 e. The average Bonchev–Trinajstić information content (AvgIpc) is 2.93. The standard InChI is InChI=1S/C16H24N2OS/c1-4-13-9-15(12(2)18-10-13)16-6-5-14(20-16)11-17-7-8-19-3/h5-6,9,17-18H,4,7-8,10-11H2,1-3H3. The first kappa shape index (κ1) is 15.3. The molecule has 0 amide bonds. The molecule has 0 radical (unpaired) electrons. The highest BCUT2D eigenvalue weighted by molar-refractivity contribution is 7.13. The monoisotopic (exact) mass is 292 g/mol. The summed E-state index contributed by atoms with van der Waals surface area (Å²) in [6.45, 7) is 7.93. The van der Waals surface area contributed by atoms with Crippen molar-refractivity contribution in [1.29, 1.82) is 0 Å². The summed E-state index contributed by atoms with van der Waals surface area (Å²) in [4.78, 5) is 2.72. The van der Waals surface area contributed by atoms with Gasteiger partial charge < -0.3 is 15.4 Å². The normalized spacial score (nSPS) is 15.2. The highest BCUT2D eigenvalue weighted by atomic mass is 32.1. The molecule has 0 saturated carbocycles. The van der Waals surface area contributed by atoms with Crippen LogP contribution in [0.4, 0.5) is 0 Å². The molecule has 0 fully saturated rings. The molecule has 1 aromatic rings. The number of thiophene rings is 1. The molecular weight excluding hydrogens is 268 g/mol. The third-order valence-corrected chi connectivity index (χ3v) is 4.62. The van der Waals surface area contributed by atoms with Crippen molar-refractivity contribution < 1.29 is 4.74 Å². The summed E-state index contributed by atoms with van der Waals surface area (Å²) in [5.74, 6) is 0. The Kier molecular flexibility index (Phi) is 5.83. The van der Waals surface area contributed by atoms with E-state index in [1.165, 1.54) is 26.6 Å². The summed E-state index contributed by atoms with van der Waals surface area (Å²) in [7, 11) is 1.73. The molecule has 4 heteroatoms. The van der Waals surface area contributed by atoms with E-state index in [0.29, 0.717) is 0 Å². The van der Waals surface area contributed by atoms with Crippen LogP contribution in [-0.4, -0.2) is 26.8 Å². The Morgan fingerprint density at radius 3 is 3.00 bits per heavy atom. The van der Waals surface area contributed by atoms with E-state index in [9.17, 15) is 0 Å². The number of methoxy groups -OCH3 is 1. The van der Waals surface area contributed by atoms with Crippen molar-refractivity contribution in [2.75, 3.05) is 26.8 Å². The minimum atomic E-state index is 0.759. The number of nitrogens with one attached hydrogen (secondary N) is 2. The summed E-state index contributed by atoms with van der Waals surface area (Å²) in [5.41, 5.74) is 4.10. The number of dihydropyridines is 1. The topological polar surface area (TPSA) is 33.3 Å². The summed E-state index contributed by atoms with van der Waals surface area (Å²) >= 11 is 1.87. The maximum absolute atomic E-state index is 5.04. The fourth-order valence-corrected chi connectivity index (χ4v) is 3.24. The largest absolute Gasteiger partial charge is 0.384 e. The molecule has 3 nitrogen and oxygen atoms in total. The van der Waals surface area contributed by atoms with Gasteiger partial charge in [-0.2, -0.15) is 0 Å². The van der Waals surface area contributed by atoms with Crippen molar-refractivity contribution in [3.8, 4) is 0 Å². The number of hydrogen-bond acceptors (Lipinski definition) is 4. The van der Waals surface area contributed by atoms with Gasteiger partial charge in [-0.25, -0.2) is 0 Å². The van der Waals surface area contributed by atoms with Gasteiger partial charge in [-0.15, -0.1) is 11.3 Å². The zero-order chi connectivity index (χ0) is 14.4. The summed E-state index contributed by atoms with van der Waals surface area (Å²) < 4.78 is 5.04. The van der Waals surface area contributed by atoms with Crippen LogP contribution in [0.1, 0.15) is 30.0 Å². The van der Waals surface area contributed by atoms with Crippen molar-refractivity contribution in [3.63, 3.8) is 0 Å². The van der Waals surface area contributed by atoms with Crippen LogP contribution in [0.15, 0.2) is 29.5 Å². The SMILES string of the molecule is CCC1=CC(c2ccc(CNCCOC)s2)=C(C)NC1. The number of ether oxygens (including phenoxy) is 1. The van der Waals surface area contributed by atoms with Crippen LogP contribution in [0, 0.1) is 0 Å². The van der Waals surface area contributed by atoms with Crippen LogP contribution in [0.3, 0.4) is 0 Å². The van der Waals surface area contributed by atoms with Gasteiger partial charge in [0.15, 0.2) is 0 Å². The first-order valence-corrected chi connectivity index (χ1v) is 7.99. The van der Waals surface area contributed by atoms with Crippen LogP contribution in [0.25, 0.3) is 5.57 Å². The van der Waals surface area contributed by atoms with Crippen molar-refractivity contribution in [2.45, 2.75) is 26.8 Å². The number of rotatable bonds is 7. The second-order valence-corrected chi connectivity index (χ2v) is 6.15. The highest BCUT2D eigenvalue weighted by Crippen LogP contribution is 2.30. The minimum Gasteiger partial charge on any atom is -0.384 e. The Morgan fingerprint density at radius 2 is 2.25 bits per heavy atom. The first-order chi connectivity index (χ1) is 9.74. The molecule has 0 bridgehead atoms. The minimum absolute atomic E-state index is 0.759. The molecule has 0 unspecified atom stereocenters. The Morgan fingerprint density at radius 1 is 1.40 bits per heavy atom. The lowest BCUT2D eigenvalue weighted by atomic mass is 10.0. The third-order valence-electron chi connectivity index (χ3n) is 3.50. The zero-order valence-corrected chi connectivity index (χ0v) is 13.4. The van der Waals surface area contributed by atoms with Crippen LogP contribution < -0.4 is 10.6 Å². The number of allylic oxidation sites excluding steroid dienone is 3. The molecule has 1 aliphatic heterocycles. The van der Waals surface area contributed by atoms with E-state index in [2.05, 4.69) is 42.7 Å². The maximum atomic E-state index is 5.04. The molecule has 0 aliphatic carbocycles. The molecule has 2 N–H and O–H groups in total. The van der Waals surface area contributed by atoms with Gasteiger partial charge in [-0.1, -0.05) is 18.6 Å². The van der Waals surface area contributed by atoms with E-state index in [-0.39, 0.29) is 0 Å². The van der Waals surface area contributed by atoms with E-state index in [0.717, 1.165) is 32.7 Å². The summed E-state index contributed by atoms with van der Waals surface area (Å²) in [6, 6.07) is 4.45. The fourth-order valence-electron chi connectivity index (χ4n) is 2.19. The molecule has 110 valence electrons. The smallest absolute Gasteiger partial charge is 0.0587 e. The van der Waals surface area contributed by atoms with E-state index in [1.807, 2.05) is 11.3 Å². The molecule has 0 spiro atoms. The molecule has 20 heavy (non-hydrogen) atoms. The van der Waals surface area contributed by atoms with Gasteiger partial charge in [-0.3, -0.25) is 0 Å². The molecule has 2 heterocycles. The first-order valence-electron chi connectivity index (χ1n) is 7.17. The second kappa shape index (κ2) is 7.62. The Hall–Kier alpha value is -1.10. The molecule has 0 atom stereocenters. The molecular formula is C16H24N2OS. The lowest BCUT2D eigenvalue weighted by molar-refractivity contribution is 0.199. The quantitative estimate of drug-likeness (QED) is 0.757. The summed E-state index contributed by atoms with van der Waals surface area (Å²) in [5, 5.41) is 6.87. The number of hydrogen-bond donors (Lipinski definition) is 2. The van der Waals surface area contributed by atoms with Gasteiger partial charge in [0, 0.05) is 47.8 Å². The van der Waals surface area contributed by atoms with E-state index >= 15 is 0 Å². The van der Waals surface area contributed by atoms with Crippen molar-refractivity contribution in [3.05, 3.63) is 39.2 Å². The molecule has 0 saturated heterocycles. The van der Waals surface area contributed by atoms with Gasteiger partial charge in [0.25, 0.3) is 0 Å². The predicted molar refractivity (Wildman–Crippen MR) is 86.9 cm³/mol. The van der Waals surface area contributed by atoms with Crippen LogP contribution >= 0.6 is 11.3 Å². The van der Waals surface area contributed by atoms with E-state index in [4.69, 9.17) is 4.74 Å². The predicted octanol–water partition coefficient (Wildman–Crippen LogP) is 3.15. The average molecular weight is 292 g/mol. The van der Waals surface area contributed by atoms with Gasteiger partial charge in [0.2, 0.25) is 0 Å². The van der Waals surface area contributed by atoms with Gasteiger partial charge in [0.1, 0.15) is 0 Å². The Balaban J connectivity index is 2.03. The highest BCUT2D eigenvalue weighted by Gasteiger charge is 2.12. The summed E-state index contributed by atoms with van der Waals surface area (Å²) in [6.07, 6.45) is 3.46. The van der Waals surface area contributed by atoms with Crippen LogP contribution in [-0.2, 0) is 11.3 Å². The van der Waals surface area contributed by atoms with Gasteiger partial charge in [0.05, 0.1) is 6.61 Å². The van der Waals surface area contributed by atoms with E-state index < -0.39 is 0 Å². The van der Waals surface area contributed by atoms with Crippen molar-refractivity contribution in [1.82, 2.24) is 10.6 Å². The Labute approximate surface area is 125 Å². The Bertz CT molecular complexity index is 502. The van der Waals surface area contributed by atoms with Crippen molar-refractivity contribution in [2.24, 2.45) is 0 Å². The van der Waals surface area contributed by atoms with Gasteiger partial charge in [-0.05, 0) is 25.5 Å². The van der Waals surface area contributed by atoms with Gasteiger partial charge >= 0.3 is 0 Å². The third kappa shape index (κ3) is 3.95. The lowest BCUT2D eigenvalue weighted by Gasteiger charge is -2.18. The van der Waals surface area contributed by atoms with E-state index in [1.54, 1.807) is 7.11 Å². The molecule has 1 aromatic heterocycles. The van der Waals surface area contributed by atoms with Crippen molar-refractivity contribution >= 4 is 16.9 Å².